The molecule has 8 heteroatoms. The van der Waals surface area contributed by atoms with Gasteiger partial charge in [-0.05, 0) is 44.4 Å². The van der Waals surface area contributed by atoms with Crippen molar-refractivity contribution in [3.8, 4) is 11.1 Å². The minimum atomic E-state index is -0.277. The van der Waals surface area contributed by atoms with Crippen LogP contribution in [0.3, 0.4) is 0 Å². The number of hydrogen-bond acceptors (Lipinski definition) is 4. The van der Waals surface area contributed by atoms with Crippen molar-refractivity contribution in [2.24, 2.45) is 5.73 Å². The number of aromatic nitrogens is 3. The summed E-state index contributed by atoms with van der Waals surface area (Å²) in [5, 5.41) is 7.77. The standard InChI is InChI=1S/C19H21Cl2N5O/c1-11-10-14(25-8-6-19(2,22)7-9-25)26-17(23-24-18(26)27)15(11)12-4-3-5-13(20)16(12)21/h3-5,10H,6-9,22H2,1-2H3,(H,24,27). The second kappa shape index (κ2) is 6.55. The maximum atomic E-state index is 12.6. The molecule has 0 radical (unpaired) electrons. The first-order valence-electron chi connectivity index (χ1n) is 8.87. The second-order valence-electron chi connectivity index (χ2n) is 7.49. The van der Waals surface area contributed by atoms with Gasteiger partial charge in [-0.25, -0.2) is 14.3 Å². The average Bonchev–Trinajstić information content (AvgIpc) is 2.99. The Morgan fingerprint density at radius 3 is 2.67 bits per heavy atom. The zero-order valence-corrected chi connectivity index (χ0v) is 16.7. The predicted octanol–water partition coefficient (Wildman–Crippen LogP) is 3.62. The minimum absolute atomic E-state index is 0.166. The summed E-state index contributed by atoms with van der Waals surface area (Å²) in [6, 6.07) is 7.47. The van der Waals surface area contributed by atoms with Gasteiger partial charge in [0.15, 0.2) is 5.65 Å². The highest BCUT2D eigenvalue weighted by molar-refractivity contribution is 6.43. The lowest BCUT2D eigenvalue weighted by Gasteiger charge is -2.38. The molecule has 0 aliphatic carbocycles. The molecular formula is C19H21Cl2N5O. The molecule has 0 bridgehead atoms. The molecule has 1 aromatic carbocycles. The summed E-state index contributed by atoms with van der Waals surface area (Å²) in [5.41, 5.74) is 8.88. The molecule has 3 heterocycles. The van der Waals surface area contributed by atoms with E-state index in [1.807, 2.05) is 25.1 Å². The minimum Gasteiger partial charge on any atom is -0.357 e. The third kappa shape index (κ3) is 3.12. The highest BCUT2D eigenvalue weighted by Crippen LogP contribution is 2.38. The van der Waals surface area contributed by atoms with E-state index in [1.54, 1.807) is 10.5 Å². The van der Waals surface area contributed by atoms with Crippen LogP contribution >= 0.6 is 23.2 Å². The first-order chi connectivity index (χ1) is 12.8. The molecule has 27 heavy (non-hydrogen) atoms. The molecule has 1 fully saturated rings. The van der Waals surface area contributed by atoms with Crippen LogP contribution in [-0.2, 0) is 0 Å². The zero-order valence-electron chi connectivity index (χ0n) is 15.2. The van der Waals surface area contributed by atoms with Crippen LogP contribution in [0.25, 0.3) is 16.8 Å². The van der Waals surface area contributed by atoms with Crippen molar-refractivity contribution in [2.45, 2.75) is 32.2 Å². The van der Waals surface area contributed by atoms with E-state index in [4.69, 9.17) is 28.9 Å². The fourth-order valence-corrected chi connectivity index (χ4v) is 4.09. The summed E-state index contributed by atoms with van der Waals surface area (Å²) in [4.78, 5) is 14.7. The molecule has 3 aromatic rings. The van der Waals surface area contributed by atoms with Crippen molar-refractivity contribution < 1.29 is 0 Å². The molecule has 0 amide bonds. The Morgan fingerprint density at radius 2 is 1.96 bits per heavy atom. The molecule has 6 nitrogen and oxygen atoms in total. The maximum absolute atomic E-state index is 12.6. The van der Waals surface area contributed by atoms with Crippen LogP contribution in [0.5, 0.6) is 0 Å². The number of aryl methyl sites for hydroxylation is 1. The van der Waals surface area contributed by atoms with Crippen LogP contribution in [0.15, 0.2) is 29.1 Å². The fourth-order valence-electron chi connectivity index (χ4n) is 3.69. The van der Waals surface area contributed by atoms with Gasteiger partial charge in [0.2, 0.25) is 0 Å². The number of hydrogen-bond donors (Lipinski definition) is 2. The molecule has 142 valence electrons. The lowest BCUT2D eigenvalue weighted by molar-refractivity contribution is 0.362. The van der Waals surface area contributed by atoms with Crippen LogP contribution in [0.1, 0.15) is 25.3 Å². The number of nitrogens with two attached hydrogens (primary N) is 1. The molecular weight excluding hydrogens is 385 g/mol. The van der Waals surface area contributed by atoms with Gasteiger partial charge >= 0.3 is 5.69 Å². The Bertz CT molecular complexity index is 1080. The Labute approximate surface area is 166 Å². The Kier molecular flexibility index (Phi) is 4.45. The average molecular weight is 406 g/mol. The highest BCUT2D eigenvalue weighted by Gasteiger charge is 2.28. The lowest BCUT2D eigenvalue weighted by atomic mass is 9.91. The van der Waals surface area contributed by atoms with Crippen LogP contribution in [0.2, 0.25) is 10.0 Å². The fraction of sp³-hybridized carbons (Fsp3) is 0.368. The molecule has 0 spiro atoms. The van der Waals surface area contributed by atoms with Crippen molar-refractivity contribution in [1.29, 1.82) is 0 Å². The van der Waals surface area contributed by atoms with Gasteiger partial charge in [-0.1, -0.05) is 35.3 Å². The number of nitrogens with one attached hydrogen (secondary N) is 1. The largest absolute Gasteiger partial charge is 0.357 e. The SMILES string of the molecule is Cc1cc(N2CCC(C)(N)CC2)n2c(=O)[nH]nc2c1-c1cccc(Cl)c1Cl. The summed E-state index contributed by atoms with van der Waals surface area (Å²) in [5.74, 6) is 0.818. The van der Waals surface area contributed by atoms with E-state index in [0.29, 0.717) is 15.7 Å². The Hall–Kier alpha value is -2.02. The molecule has 4 rings (SSSR count). The van der Waals surface area contributed by atoms with E-state index in [2.05, 4.69) is 22.0 Å². The number of halogens is 2. The predicted molar refractivity (Wildman–Crippen MR) is 110 cm³/mol. The van der Waals surface area contributed by atoms with Gasteiger partial charge < -0.3 is 10.6 Å². The van der Waals surface area contributed by atoms with Gasteiger partial charge in [0.1, 0.15) is 5.82 Å². The van der Waals surface area contributed by atoms with E-state index in [9.17, 15) is 4.79 Å². The summed E-state index contributed by atoms with van der Waals surface area (Å²) >= 11 is 12.6. The topological polar surface area (TPSA) is 79.4 Å². The lowest BCUT2D eigenvalue weighted by Crippen LogP contribution is -2.48. The number of pyridine rings is 1. The first-order valence-corrected chi connectivity index (χ1v) is 9.63. The number of nitrogens with zero attached hydrogens (tertiary/aromatic N) is 3. The van der Waals surface area contributed by atoms with Gasteiger partial charge in [-0.2, -0.15) is 5.10 Å². The maximum Gasteiger partial charge on any atom is 0.349 e. The number of anilines is 1. The van der Waals surface area contributed by atoms with Gasteiger partial charge in [0, 0.05) is 29.8 Å². The molecule has 1 aliphatic heterocycles. The number of fused-ring (bicyclic) bond motifs is 1. The molecule has 0 atom stereocenters. The van der Waals surface area contributed by atoms with Gasteiger partial charge in [0.05, 0.1) is 10.0 Å². The number of rotatable bonds is 2. The second-order valence-corrected chi connectivity index (χ2v) is 8.28. The Balaban J connectivity index is 1.92. The molecule has 1 saturated heterocycles. The highest BCUT2D eigenvalue weighted by atomic mass is 35.5. The molecule has 0 unspecified atom stereocenters. The summed E-state index contributed by atoms with van der Waals surface area (Å²) in [7, 11) is 0. The number of H-pyrrole nitrogens is 1. The van der Waals surface area contributed by atoms with Crippen molar-refractivity contribution in [3.63, 3.8) is 0 Å². The summed E-state index contributed by atoms with van der Waals surface area (Å²) in [6.07, 6.45) is 1.73. The third-order valence-corrected chi connectivity index (χ3v) is 6.13. The van der Waals surface area contributed by atoms with Crippen molar-refractivity contribution in [3.05, 3.63) is 50.4 Å². The van der Waals surface area contributed by atoms with E-state index in [-0.39, 0.29) is 11.2 Å². The van der Waals surface area contributed by atoms with E-state index in [1.165, 1.54) is 0 Å². The molecule has 0 saturated carbocycles. The van der Waals surface area contributed by atoms with E-state index >= 15 is 0 Å². The van der Waals surface area contributed by atoms with Crippen molar-refractivity contribution in [2.75, 3.05) is 18.0 Å². The van der Waals surface area contributed by atoms with Crippen molar-refractivity contribution >= 4 is 34.7 Å². The molecule has 3 N–H and O–H groups in total. The van der Waals surface area contributed by atoms with Crippen LogP contribution in [-0.4, -0.2) is 33.2 Å². The van der Waals surface area contributed by atoms with Gasteiger partial charge in [-0.3, -0.25) is 0 Å². The quantitative estimate of drug-likeness (QED) is 0.681. The molecule has 2 aromatic heterocycles. The van der Waals surface area contributed by atoms with Crippen LogP contribution in [0, 0.1) is 6.92 Å². The summed E-state index contributed by atoms with van der Waals surface area (Å²) < 4.78 is 1.61. The number of benzene rings is 1. The smallest absolute Gasteiger partial charge is 0.349 e. The Morgan fingerprint density at radius 1 is 1.26 bits per heavy atom. The van der Waals surface area contributed by atoms with Crippen LogP contribution < -0.4 is 16.3 Å². The van der Waals surface area contributed by atoms with Gasteiger partial charge in [-0.15, -0.1) is 0 Å². The first kappa shape index (κ1) is 18.3. The van der Waals surface area contributed by atoms with Crippen molar-refractivity contribution in [1.82, 2.24) is 14.6 Å². The normalized spacial score (nSPS) is 16.9. The number of aromatic amines is 1. The zero-order chi connectivity index (χ0) is 19.3. The van der Waals surface area contributed by atoms with Gasteiger partial charge in [0.25, 0.3) is 0 Å². The monoisotopic (exact) mass is 405 g/mol. The summed E-state index contributed by atoms with van der Waals surface area (Å²) in [6.45, 7) is 5.64. The van der Waals surface area contributed by atoms with E-state index < -0.39 is 0 Å². The number of piperidine rings is 1. The van der Waals surface area contributed by atoms with E-state index in [0.717, 1.165) is 48.4 Å². The molecule has 1 aliphatic rings. The van der Waals surface area contributed by atoms with Crippen LogP contribution in [0.4, 0.5) is 5.82 Å². The third-order valence-electron chi connectivity index (χ3n) is 5.32.